The second-order valence-electron chi connectivity index (χ2n) is 16.4. The van der Waals surface area contributed by atoms with Gasteiger partial charge in [0.15, 0.2) is 5.82 Å². The minimum atomic E-state index is -0.554. The van der Waals surface area contributed by atoms with Crippen molar-refractivity contribution in [1.82, 2.24) is 9.97 Å². The average molecular weight is 789 g/mol. The van der Waals surface area contributed by atoms with Crippen LogP contribution in [0.3, 0.4) is 0 Å². The lowest BCUT2D eigenvalue weighted by molar-refractivity contribution is 0.670. The summed E-state index contributed by atoms with van der Waals surface area (Å²) in [6.45, 7) is 0. The second kappa shape index (κ2) is 13.4. The van der Waals surface area contributed by atoms with Crippen molar-refractivity contribution in [3.8, 4) is 78.4 Å². The fourth-order valence-electron chi connectivity index (χ4n) is 10.5. The Morgan fingerprint density at radius 1 is 0.306 bits per heavy atom. The van der Waals surface area contributed by atoms with Crippen LogP contribution >= 0.6 is 0 Å². The van der Waals surface area contributed by atoms with Crippen LogP contribution in [0, 0.1) is 0 Å². The summed E-state index contributed by atoms with van der Waals surface area (Å²) in [6.07, 6.45) is 0. The van der Waals surface area contributed by atoms with Crippen molar-refractivity contribution in [3.05, 3.63) is 241 Å². The van der Waals surface area contributed by atoms with E-state index in [1.54, 1.807) is 0 Å². The molecule has 0 bridgehead atoms. The first-order chi connectivity index (χ1) is 30.7. The van der Waals surface area contributed by atoms with Crippen LogP contribution in [0.25, 0.3) is 100 Å². The Balaban J connectivity index is 1.07. The summed E-state index contributed by atoms with van der Waals surface area (Å²) in [5, 5.41) is 2.15. The van der Waals surface area contributed by atoms with Gasteiger partial charge in [-0.2, -0.15) is 0 Å². The highest BCUT2D eigenvalue weighted by Gasteiger charge is 2.49. The number of furan rings is 1. The van der Waals surface area contributed by atoms with Gasteiger partial charge in [0.2, 0.25) is 0 Å². The van der Waals surface area contributed by atoms with Gasteiger partial charge >= 0.3 is 0 Å². The van der Waals surface area contributed by atoms with Crippen molar-refractivity contribution in [3.63, 3.8) is 0 Å². The van der Waals surface area contributed by atoms with Crippen molar-refractivity contribution in [2.24, 2.45) is 0 Å². The average Bonchev–Trinajstić information content (AvgIpc) is 3.85. The van der Waals surface area contributed by atoms with Crippen LogP contribution in [-0.2, 0) is 5.41 Å². The highest BCUT2D eigenvalue weighted by atomic mass is 16.3. The molecule has 1 spiro atoms. The van der Waals surface area contributed by atoms with E-state index in [0.29, 0.717) is 5.82 Å². The van der Waals surface area contributed by atoms with E-state index in [9.17, 15) is 0 Å². The van der Waals surface area contributed by atoms with E-state index in [1.807, 2.05) is 12.1 Å². The first kappa shape index (κ1) is 34.7. The first-order valence-electron chi connectivity index (χ1n) is 21.2. The van der Waals surface area contributed by atoms with E-state index in [-0.39, 0.29) is 0 Å². The summed E-state index contributed by atoms with van der Waals surface area (Å²) in [6, 6.07) is 78.7. The van der Waals surface area contributed by atoms with Crippen molar-refractivity contribution in [2.75, 3.05) is 0 Å². The van der Waals surface area contributed by atoms with Crippen LogP contribution in [0.4, 0.5) is 0 Å². The molecule has 9 aromatic carbocycles. The molecule has 11 aromatic rings. The Morgan fingerprint density at radius 2 is 0.790 bits per heavy atom. The van der Waals surface area contributed by atoms with Gasteiger partial charge in [-0.05, 0) is 91.0 Å². The van der Waals surface area contributed by atoms with Gasteiger partial charge in [-0.1, -0.05) is 194 Å². The second-order valence-corrected chi connectivity index (χ2v) is 16.4. The van der Waals surface area contributed by atoms with Crippen molar-refractivity contribution in [2.45, 2.75) is 5.41 Å². The first-order valence-corrected chi connectivity index (χ1v) is 21.2. The van der Waals surface area contributed by atoms with Crippen LogP contribution < -0.4 is 0 Å². The molecule has 0 unspecified atom stereocenters. The van der Waals surface area contributed by atoms with Crippen LogP contribution in [0.5, 0.6) is 0 Å². The predicted molar refractivity (Wildman–Crippen MR) is 253 cm³/mol. The van der Waals surface area contributed by atoms with E-state index in [4.69, 9.17) is 14.4 Å². The lowest BCUT2D eigenvalue weighted by atomic mass is 9.66. The van der Waals surface area contributed by atoms with Gasteiger partial charge in [-0.3, -0.25) is 0 Å². The molecule has 2 aliphatic rings. The SMILES string of the molecule is c1ccc(-c2ccc(-c3cc(-c4cccc5c4oc4ccccc45)nc(-c4ccc5c(c4)-c4ccccc4-c4ccccc4C54c5ccccc5-c5ccccc54)n3)cc2)cc1. The number of hydrogen-bond acceptors (Lipinski definition) is 3. The summed E-state index contributed by atoms with van der Waals surface area (Å²) < 4.78 is 6.60. The van der Waals surface area contributed by atoms with Gasteiger partial charge in [-0.25, -0.2) is 9.97 Å². The van der Waals surface area contributed by atoms with Gasteiger partial charge in [0.05, 0.1) is 16.8 Å². The maximum Gasteiger partial charge on any atom is 0.160 e. The molecule has 13 rings (SSSR count). The van der Waals surface area contributed by atoms with E-state index < -0.39 is 5.41 Å². The van der Waals surface area contributed by atoms with Crippen molar-refractivity contribution in [1.29, 1.82) is 0 Å². The maximum absolute atomic E-state index is 6.60. The van der Waals surface area contributed by atoms with Crippen molar-refractivity contribution >= 4 is 21.9 Å². The number of aromatic nitrogens is 2. The molecule has 0 aliphatic heterocycles. The number of para-hydroxylation sites is 2. The molecule has 0 saturated carbocycles. The third-order valence-corrected chi connectivity index (χ3v) is 13.2. The Morgan fingerprint density at radius 3 is 1.50 bits per heavy atom. The lowest BCUT2D eigenvalue weighted by Gasteiger charge is -2.35. The normalized spacial score (nSPS) is 13.0. The summed E-state index contributed by atoms with van der Waals surface area (Å²) in [5.74, 6) is 0.654. The number of fused-ring (bicyclic) bond motifs is 15. The Kier molecular flexibility index (Phi) is 7.52. The standard InChI is InChI=1S/C59H36N2O/c1-2-15-37(16-3-1)38-29-31-39(32-30-38)54-36-55(48-24-14-23-47-46-22-9-13-28-56(46)62-57(47)48)61-58(60-54)40-33-34-53-49(35-40)42-18-5-4-17-41(42)43-19-6-10-25-50(43)59(53)51-26-11-7-20-44(51)45-21-8-12-27-52(45)59/h1-36H. The minimum absolute atomic E-state index is 0.554. The Bertz CT molecular complexity index is 3540. The van der Waals surface area contributed by atoms with Gasteiger partial charge in [-0.15, -0.1) is 0 Å². The number of hydrogen-bond donors (Lipinski definition) is 0. The molecule has 0 amide bonds. The van der Waals surface area contributed by atoms with Gasteiger partial charge in [0.25, 0.3) is 0 Å². The zero-order chi connectivity index (χ0) is 40.8. The molecule has 0 saturated heterocycles. The van der Waals surface area contributed by atoms with Crippen LogP contribution in [0.15, 0.2) is 223 Å². The molecular weight excluding hydrogens is 753 g/mol. The third-order valence-electron chi connectivity index (χ3n) is 13.2. The van der Waals surface area contributed by atoms with Crippen molar-refractivity contribution < 1.29 is 4.42 Å². The molecule has 0 radical (unpaired) electrons. The van der Waals surface area contributed by atoms with Gasteiger partial charge in [0, 0.05) is 27.5 Å². The Hall–Kier alpha value is -8.14. The zero-order valence-corrected chi connectivity index (χ0v) is 33.6. The number of benzene rings is 9. The van der Waals surface area contributed by atoms with Gasteiger partial charge in [0.1, 0.15) is 11.2 Å². The summed E-state index contributed by atoms with van der Waals surface area (Å²) in [5.41, 5.74) is 20.5. The van der Waals surface area contributed by atoms with E-state index >= 15 is 0 Å². The number of rotatable bonds is 4. The van der Waals surface area contributed by atoms with Crippen LogP contribution in [-0.4, -0.2) is 9.97 Å². The predicted octanol–water partition coefficient (Wildman–Crippen LogP) is 15.1. The molecule has 2 heterocycles. The topological polar surface area (TPSA) is 38.9 Å². The Labute approximate surface area is 359 Å². The maximum atomic E-state index is 6.60. The summed E-state index contributed by atoms with van der Waals surface area (Å²) >= 11 is 0. The monoisotopic (exact) mass is 788 g/mol. The molecule has 0 N–H and O–H groups in total. The molecule has 3 heteroatoms. The smallest absolute Gasteiger partial charge is 0.160 e. The summed E-state index contributed by atoms with van der Waals surface area (Å²) in [4.78, 5) is 10.9. The van der Waals surface area contributed by atoms with E-state index in [1.165, 1.54) is 61.2 Å². The largest absolute Gasteiger partial charge is 0.455 e. The lowest BCUT2D eigenvalue weighted by Crippen LogP contribution is -2.29. The van der Waals surface area contributed by atoms with Crippen LogP contribution in [0.1, 0.15) is 22.3 Å². The minimum Gasteiger partial charge on any atom is -0.455 e. The molecule has 288 valence electrons. The molecule has 0 atom stereocenters. The molecule has 2 aliphatic carbocycles. The quantitative estimate of drug-likeness (QED) is 0.178. The van der Waals surface area contributed by atoms with Gasteiger partial charge < -0.3 is 4.42 Å². The summed E-state index contributed by atoms with van der Waals surface area (Å²) in [7, 11) is 0. The fourth-order valence-corrected chi connectivity index (χ4v) is 10.5. The third kappa shape index (κ3) is 5.00. The highest BCUT2D eigenvalue weighted by molar-refractivity contribution is 6.09. The molecule has 62 heavy (non-hydrogen) atoms. The molecule has 3 nitrogen and oxygen atoms in total. The van der Waals surface area contributed by atoms with E-state index in [2.05, 4.69) is 206 Å². The highest BCUT2D eigenvalue weighted by Crippen LogP contribution is 2.61. The molecular formula is C59H36N2O. The van der Waals surface area contributed by atoms with Crippen LogP contribution in [0.2, 0.25) is 0 Å². The van der Waals surface area contributed by atoms with E-state index in [0.717, 1.165) is 55.6 Å². The molecule has 2 aromatic heterocycles. The number of nitrogens with zero attached hydrogens (tertiary/aromatic N) is 2. The molecule has 0 fully saturated rings. The zero-order valence-electron chi connectivity index (χ0n) is 33.6. The fraction of sp³-hybridized carbons (Fsp3) is 0.0169.